The van der Waals surface area contributed by atoms with Crippen LogP contribution in [-0.4, -0.2) is 24.3 Å². The van der Waals surface area contributed by atoms with Crippen molar-refractivity contribution in [2.24, 2.45) is 0 Å². The Labute approximate surface area is 125 Å². The third-order valence-corrected chi connectivity index (χ3v) is 5.26. The molecular weight excluding hydrogens is 281 g/mol. The van der Waals surface area contributed by atoms with Crippen LogP contribution >= 0.6 is 23.2 Å². The molecule has 0 radical (unpaired) electrons. The Kier molecular flexibility index (Phi) is 4.78. The van der Waals surface area contributed by atoms with E-state index in [0.717, 1.165) is 25.7 Å². The molecule has 0 bridgehead atoms. The summed E-state index contributed by atoms with van der Waals surface area (Å²) in [6.07, 6.45) is 3.52. The van der Waals surface area contributed by atoms with Crippen LogP contribution in [0.3, 0.4) is 0 Å². The zero-order chi connectivity index (χ0) is 14.0. The number of aliphatic hydroxyl groups excluding tert-OH is 1. The van der Waals surface area contributed by atoms with Crippen LogP contribution < -0.4 is 5.32 Å². The SMILES string of the molecule is CNC(C)C1(c2ccc(Cl)c(Cl)c2)CCCC(O)C1. The van der Waals surface area contributed by atoms with Crippen LogP contribution in [0.15, 0.2) is 18.2 Å². The van der Waals surface area contributed by atoms with E-state index in [1.807, 2.05) is 25.2 Å². The second-order valence-electron chi connectivity index (χ2n) is 5.55. The minimum Gasteiger partial charge on any atom is -0.393 e. The molecule has 2 N–H and O–H groups in total. The average molecular weight is 302 g/mol. The molecule has 1 aliphatic carbocycles. The van der Waals surface area contributed by atoms with Crippen molar-refractivity contribution in [3.63, 3.8) is 0 Å². The summed E-state index contributed by atoms with van der Waals surface area (Å²) in [5.74, 6) is 0. The highest BCUT2D eigenvalue weighted by Crippen LogP contribution is 2.43. The van der Waals surface area contributed by atoms with E-state index >= 15 is 0 Å². The van der Waals surface area contributed by atoms with E-state index < -0.39 is 0 Å². The van der Waals surface area contributed by atoms with Gasteiger partial charge in [-0.1, -0.05) is 29.3 Å². The Bertz CT molecular complexity index is 452. The van der Waals surface area contributed by atoms with Gasteiger partial charge >= 0.3 is 0 Å². The van der Waals surface area contributed by atoms with Crippen LogP contribution in [0.5, 0.6) is 0 Å². The van der Waals surface area contributed by atoms with Crippen LogP contribution in [0, 0.1) is 0 Å². The Morgan fingerprint density at radius 3 is 2.68 bits per heavy atom. The van der Waals surface area contributed by atoms with Crippen molar-refractivity contribution in [3.8, 4) is 0 Å². The molecule has 106 valence electrons. The van der Waals surface area contributed by atoms with Gasteiger partial charge < -0.3 is 10.4 Å². The Morgan fingerprint density at radius 2 is 2.11 bits per heavy atom. The molecule has 0 amide bonds. The number of benzene rings is 1. The van der Waals surface area contributed by atoms with Gasteiger partial charge in [-0.25, -0.2) is 0 Å². The highest BCUT2D eigenvalue weighted by Gasteiger charge is 2.41. The quantitative estimate of drug-likeness (QED) is 0.890. The standard InChI is InChI=1S/C15H21Cl2NO/c1-10(18-2)15(7-3-4-12(19)9-15)11-5-6-13(16)14(17)8-11/h5-6,8,10,12,18-19H,3-4,7,9H2,1-2H3. The number of hydrogen-bond donors (Lipinski definition) is 2. The lowest BCUT2D eigenvalue weighted by molar-refractivity contribution is 0.0706. The summed E-state index contributed by atoms with van der Waals surface area (Å²) >= 11 is 12.2. The van der Waals surface area contributed by atoms with Crippen LogP contribution in [0.2, 0.25) is 10.0 Å². The third-order valence-electron chi connectivity index (χ3n) is 4.52. The normalized spacial score (nSPS) is 29.2. The number of rotatable bonds is 3. The van der Waals surface area contributed by atoms with Gasteiger partial charge in [-0.15, -0.1) is 0 Å². The highest BCUT2D eigenvalue weighted by atomic mass is 35.5. The topological polar surface area (TPSA) is 32.3 Å². The lowest BCUT2D eigenvalue weighted by atomic mass is 9.64. The lowest BCUT2D eigenvalue weighted by Gasteiger charge is -2.44. The van der Waals surface area contributed by atoms with Crippen LogP contribution in [0.1, 0.15) is 38.2 Å². The fraction of sp³-hybridized carbons (Fsp3) is 0.600. The number of halogens is 2. The predicted octanol–water partition coefficient (Wildman–Crippen LogP) is 3.77. The summed E-state index contributed by atoms with van der Waals surface area (Å²) in [4.78, 5) is 0. The number of nitrogens with one attached hydrogen (secondary N) is 1. The van der Waals surface area contributed by atoms with Crippen molar-refractivity contribution in [1.29, 1.82) is 0 Å². The summed E-state index contributed by atoms with van der Waals surface area (Å²) in [5.41, 5.74) is 1.10. The van der Waals surface area contributed by atoms with Crippen molar-refractivity contribution in [3.05, 3.63) is 33.8 Å². The zero-order valence-electron chi connectivity index (χ0n) is 11.4. The summed E-state index contributed by atoms with van der Waals surface area (Å²) in [6, 6.07) is 6.12. The summed E-state index contributed by atoms with van der Waals surface area (Å²) < 4.78 is 0. The molecule has 1 aromatic carbocycles. The maximum atomic E-state index is 10.1. The molecule has 3 atom stereocenters. The molecule has 0 aliphatic heterocycles. The Morgan fingerprint density at radius 1 is 1.37 bits per heavy atom. The first-order chi connectivity index (χ1) is 8.99. The molecule has 2 rings (SSSR count). The van der Waals surface area contributed by atoms with Gasteiger partial charge in [0.1, 0.15) is 0 Å². The monoisotopic (exact) mass is 301 g/mol. The molecule has 2 nitrogen and oxygen atoms in total. The van der Waals surface area contributed by atoms with Crippen molar-refractivity contribution < 1.29 is 5.11 Å². The van der Waals surface area contributed by atoms with Gasteiger partial charge in [0.2, 0.25) is 0 Å². The summed E-state index contributed by atoms with van der Waals surface area (Å²) in [5, 5.41) is 14.6. The molecule has 1 aliphatic rings. The van der Waals surface area contributed by atoms with Crippen LogP contribution in [-0.2, 0) is 5.41 Å². The largest absolute Gasteiger partial charge is 0.393 e. The van der Waals surface area contributed by atoms with E-state index in [0.29, 0.717) is 10.0 Å². The summed E-state index contributed by atoms with van der Waals surface area (Å²) in [6.45, 7) is 2.17. The van der Waals surface area contributed by atoms with E-state index in [1.54, 1.807) is 0 Å². The fourth-order valence-corrected chi connectivity index (χ4v) is 3.56. The molecule has 0 saturated heterocycles. The van der Waals surface area contributed by atoms with Gasteiger partial charge in [-0.05, 0) is 57.4 Å². The predicted molar refractivity (Wildman–Crippen MR) is 81.1 cm³/mol. The molecule has 0 spiro atoms. The smallest absolute Gasteiger partial charge is 0.0595 e. The lowest BCUT2D eigenvalue weighted by Crippen LogP contribution is -2.49. The molecule has 3 unspecified atom stereocenters. The number of likely N-dealkylation sites (N-methyl/N-ethyl adjacent to an activating group) is 1. The van der Waals surface area contributed by atoms with Crippen LogP contribution in [0.25, 0.3) is 0 Å². The second-order valence-corrected chi connectivity index (χ2v) is 6.36. The first-order valence-corrected chi connectivity index (χ1v) is 7.56. The van der Waals surface area contributed by atoms with E-state index in [4.69, 9.17) is 23.2 Å². The van der Waals surface area contributed by atoms with Crippen molar-refractivity contribution >= 4 is 23.2 Å². The molecule has 1 saturated carbocycles. The maximum Gasteiger partial charge on any atom is 0.0595 e. The molecule has 1 fully saturated rings. The van der Waals surface area contributed by atoms with Gasteiger partial charge in [-0.2, -0.15) is 0 Å². The van der Waals surface area contributed by atoms with Gasteiger partial charge in [0.25, 0.3) is 0 Å². The first kappa shape index (κ1) is 15.1. The second kappa shape index (κ2) is 6.01. The first-order valence-electron chi connectivity index (χ1n) is 6.80. The average Bonchev–Trinajstić information content (AvgIpc) is 2.40. The van der Waals surface area contributed by atoms with E-state index in [1.165, 1.54) is 5.56 Å². The minimum atomic E-state index is -0.237. The highest BCUT2D eigenvalue weighted by molar-refractivity contribution is 6.42. The summed E-state index contributed by atoms with van der Waals surface area (Å²) in [7, 11) is 1.96. The fourth-order valence-electron chi connectivity index (χ4n) is 3.27. The van der Waals surface area contributed by atoms with Crippen molar-refractivity contribution in [2.75, 3.05) is 7.05 Å². The maximum absolute atomic E-state index is 10.1. The van der Waals surface area contributed by atoms with E-state index in [-0.39, 0.29) is 17.6 Å². The minimum absolute atomic E-state index is 0.0688. The van der Waals surface area contributed by atoms with Crippen molar-refractivity contribution in [1.82, 2.24) is 5.32 Å². The Balaban J connectivity index is 2.44. The molecule has 4 heteroatoms. The molecule has 0 aromatic heterocycles. The molecule has 19 heavy (non-hydrogen) atoms. The number of hydrogen-bond acceptors (Lipinski definition) is 2. The number of aliphatic hydroxyl groups is 1. The van der Waals surface area contributed by atoms with E-state index in [2.05, 4.69) is 12.2 Å². The third kappa shape index (κ3) is 2.92. The van der Waals surface area contributed by atoms with Gasteiger partial charge in [-0.3, -0.25) is 0 Å². The van der Waals surface area contributed by atoms with Gasteiger partial charge in [0, 0.05) is 11.5 Å². The van der Waals surface area contributed by atoms with Crippen LogP contribution in [0.4, 0.5) is 0 Å². The van der Waals surface area contributed by atoms with Gasteiger partial charge in [0.15, 0.2) is 0 Å². The molecular formula is C15H21Cl2NO. The van der Waals surface area contributed by atoms with Crippen molar-refractivity contribution in [2.45, 2.75) is 50.2 Å². The van der Waals surface area contributed by atoms with Gasteiger partial charge in [0.05, 0.1) is 16.1 Å². The Hall–Kier alpha value is -0.280. The molecule has 1 aromatic rings. The molecule has 0 heterocycles. The zero-order valence-corrected chi connectivity index (χ0v) is 12.9. The van der Waals surface area contributed by atoms with E-state index in [9.17, 15) is 5.11 Å².